The minimum absolute atomic E-state index is 0. The lowest BCUT2D eigenvalue weighted by Gasteiger charge is -2.35. The van der Waals surface area contributed by atoms with Gasteiger partial charge in [-0.25, -0.2) is 0 Å². The first-order valence-corrected chi connectivity index (χ1v) is 6.54. The smallest absolute Gasteiger partial charge is 0.119 e. The van der Waals surface area contributed by atoms with E-state index in [2.05, 4.69) is 22.3 Å². The van der Waals surface area contributed by atoms with Crippen LogP contribution in [-0.4, -0.2) is 49.9 Å². The van der Waals surface area contributed by atoms with E-state index in [0.29, 0.717) is 0 Å². The average molecular weight is 287 g/mol. The Labute approximate surface area is 121 Å². The fraction of sp³-hybridized carbons (Fsp3) is 0.571. The first-order chi connectivity index (χ1) is 8.85. The number of piperazine rings is 1. The number of nitrogens with zero attached hydrogens (tertiary/aromatic N) is 1. The van der Waals surface area contributed by atoms with Gasteiger partial charge in [-0.05, 0) is 24.1 Å². The van der Waals surface area contributed by atoms with Crippen molar-refractivity contribution in [2.24, 2.45) is 0 Å². The highest BCUT2D eigenvalue weighted by molar-refractivity contribution is 5.85. The number of ether oxygens (including phenoxy) is 1. The molecule has 1 aliphatic heterocycles. The third-order valence-corrected chi connectivity index (χ3v) is 3.47. The Bertz CT molecular complexity index is 370. The van der Waals surface area contributed by atoms with Crippen molar-refractivity contribution in [1.29, 1.82) is 0 Å². The van der Waals surface area contributed by atoms with Crippen LogP contribution >= 0.6 is 12.4 Å². The number of rotatable bonds is 5. The van der Waals surface area contributed by atoms with Gasteiger partial charge in [-0.3, -0.25) is 4.90 Å². The quantitative estimate of drug-likeness (QED) is 0.860. The topological polar surface area (TPSA) is 44.7 Å². The summed E-state index contributed by atoms with van der Waals surface area (Å²) in [5.74, 6) is 0.880. The minimum atomic E-state index is 0. The fourth-order valence-corrected chi connectivity index (χ4v) is 2.52. The molecule has 1 aliphatic rings. The van der Waals surface area contributed by atoms with Crippen molar-refractivity contribution in [3.05, 3.63) is 29.8 Å². The molecule has 0 amide bonds. The molecule has 0 unspecified atom stereocenters. The number of benzene rings is 1. The third-order valence-electron chi connectivity index (χ3n) is 3.47. The molecule has 0 aromatic heterocycles. The van der Waals surface area contributed by atoms with Crippen LogP contribution in [0.3, 0.4) is 0 Å². The SMILES string of the molecule is COc1cccc([C@@H](CCO)N2CCNCC2)c1.Cl. The molecule has 1 aromatic rings. The van der Waals surface area contributed by atoms with Crippen molar-refractivity contribution in [3.8, 4) is 5.75 Å². The molecule has 2 rings (SSSR count). The number of halogens is 1. The number of aliphatic hydroxyl groups excluding tert-OH is 1. The van der Waals surface area contributed by atoms with Crippen LogP contribution in [0.25, 0.3) is 0 Å². The van der Waals surface area contributed by atoms with E-state index in [4.69, 9.17) is 4.74 Å². The zero-order valence-electron chi connectivity index (χ0n) is 11.3. The van der Waals surface area contributed by atoms with Crippen LogP contribution < -0.4 is 10.1 Å². The van der Waals surface area contributed by atoms with Crippen LogP contribution in [0, 0.1) is 0 Å². The molecule has 1 heterocycles. The largest absolute Gasteiger partial charge is 0.497 e. The second kappa shape index (κ2) is 8.38. The predicted octanol–water partition coefficient (Wildman–Crippen LogP) is 1.45. The lowest BCUT2D eigenvalue weighted by molar-refractivity contribution is 0.141. The molecule has 2 N–H and O–H groups in total. The number of nitrogens with one attached hydrogen (secondary N) is 1. The predicted molar refractivity (Wildman–Crippen MR) is 79.1 cm³/mol. The number of methoxy groups -OCH3 is 1. The molecule has 19 heavy (non-hydrogen) atoms. The van der Waals surface area contributed by atoms with E-state index in [0.717, 1.165) is 38.3 Å². The molecule has 0 saturated carbocycles. The van der Waals surface area contributed by atoms with Crippen LogP contribution in [0.2, 0.25) is 0 Å². The third kappa shape index (κ3) is 4.35. The monoisotopic (exact) mass is 286 g/mol. The van der Waals surface area contributed by atoms with Crippen molar-refractivity contribution in [3.63, 3.8) is 0 Å². The number of hydrogen-bond acceptors (Lipinski definition) is 4. The molecule has 0 bridgehead atoms. The van der Waals surface area contributed by atoms with Crippen LogP contribution in [-0.2, 0) is 0 Å². The van der Waals surface area contributed by atoms with Crippen LogP contribution in [0.5, 0.6) is 5.75 Å². The lowest BCUT2D eigenvalue weighted by Crippen LogP contribution is -2.45. The highest BCUT2D eigenvalue weighted by Gasteiger charge is 2.21. The Kier molecular flexibility index (Phi) is 7.16. The maximum atomic E-state index is 9.28. The summed E-state index contributed by atoms with van der Waals surface area (Å²) in [7, 11) is 1.69. The van der Waals surface area contributed by atoms with Crippen molar-refractivity contribution in [1.82, 2.24) is 10.2 Å². The molecule has 1 fully saturated rings. The molecule has 0 spiro atoms. The van der Waals surface area contributed by atoms with Crippen molar-refractivity contribution in [2.75, 3.05) is 39.9 Å². The molecule has 1 aromatic carbocycles. The summed E-state index contributed by atoms with van der Waals surface area (Å²) < 4.78 is 5.28. The molecular weight excluding hydrogens is 264 g/mol. The standard InChI is InChI=1S/C14H22N2O2.ClH/c1-18-13-4-2-3-12(11-13)14(5-10-17)16-8-6-15-7-9-16;/h2-4,11,14-15,17H,5-10H2,1H3;1H/t14-;/m1./s1. The van der Waals surface area contributed by atoms with E-state index in [-0.39, 0.29) is 25.1 Å². The Hall–Kier alpha value is -0.810. The van der Waals surface area contributed by atoms with Gasteiger partial charge in [0.05, 0.1) is 7.11 Å². The van der Waals surface area contributed by atoms with Gasteiger partial charge < -0.3 is 15.2 Å². The van der Waals surface area contributed by atoms with Gasteiger partial charge in [0.1, 0.15) is 5.75 Å². The normalized spacial score (nSPS) is 17.6. The lowest BCUT2D eigenvalue weighted by atomic mass is 10.0. The van der Waals surface area contributed by atoms with Gasteiger partial charge >= 0.3 is 0 Å². The first kappa shape index (κ1) is 16.2. The van der Waals surface area contributed by atoms with Crippen molar-refractivity contribution in [2.45, 2.75) is 12.5 Å². The Morgan fingerprint density at radius 3 is 2.74 bits per heavy atom. The van der Waals surface area contributed by atoms with Gasteiger partial charge in [0.25, 0.3) is 0 Å². The molecule has 0 aliphatic carbocycles. The first-order valence-electron chi connectivity index (χ1n) is 6.54. The van der Waals surface area contributed by atoms with E-state index in [1.54, 1.807) is 7.11 Å². The summed E-state index contributed by atoms with van der Waals surface area (Å²) in [5.41, 5.74) is 1.23. The summed E-state index contributed by atoms with van der Waals surface area (Å²) in [6.45, 7) is 4.31. The van der Waals surface area contributed by atoms with Gasteiger partial charge in [0, 0.05) is 38.8 Å². The second-order valence-corrected chi connectivity index (χ2v) is 4.59. The fourth-order valence-electron chi connectivity index (χ4n) is 2.52. The summed E-state index contributed by atoms with van der Waals surface area (Å²) >= 11 is 0. The molecule has 5 heteroatoms. The van der Waals surface area contributed by atoms with Gasteiger partial charge in [-0.15, -0.1) is 12.4 Å². The van der Waals surface area contributed by atoms with Gasteiger partial charge in [0.15, 0.2) is 0 Å². The van der Waals surface area contributed by atoms with Crippen molar-refractivity contribution < 1.29 is 9.84 Å². The summed E-state index contributed by atoms with van der Waals surface area (Å²) in [6, 6.07) is 8.44. The maximum Gasteiger partial charge on any atom is 0.119 e. The molecule has 4 nitrogen and oxygen atoms in total. The van der Waals surface area contributed by atoms with Crippen LogP contribution in [0.1, 0.15) is 18.0 Å². The van der Waals surface area contributed by atoms with Crippen molar-refractivity contribution >= 4 is 12.4 Å². The van der Waals surface area contributed by atoms with E-state index in [9.17, 15) is 5.11 Å². The minimum Gasteiger partial charge on any atom is -0.497 e. The summed E-state index contributed by atoms with van der Waals surface area (Å²) in [5, 5.41) is 12.6. The van der Waals surface area contributed by atoms with E-state index in [1.165, 1.54) is 5.56 Å². The van der Waals surface area contributed by atoms with E-state index in [1.807, 2.05) is 12.1 Å². The Morgan fingerprint density at radius 1 is 1.37 bits per heavy atom. The van der Waals surface area contributed by atoms with Gasteiger partial charge in [0.2, 0.25) is 0 Å². The zero-order chi connectivity index (χ0) is 12.8. The zero-order valence-corrected chi connectivity index (χ0v) is 12.2. The number of aliphatic hydroxyl groups is 1. The van der Waals surface area contributed by atoms with Gasteiger partial charge in [-0.1, -0.05) is 12.1 Å². The van der Waals surface area contributed by atoms with Crippen LogP contribution in [0.15, 0.2) is 24.3 Å². The molecular formula is C14H23ClN2O2. The summed E-state index contributed by atoms with van der Waals surface area (Å²) in [4.78, 5) is 2.43. The Morgan fingerprint density at radius 2 is 2.11 bits per heavy atom. The highest BCUT2D eigenvalue weighted by Crippen LogP contribution is 2.27. The average Bonchev–Trinajstić information content (AvgIpc) is 2.46. The number of hydrogen-bond donors (Lipinski definition) is 2. The maximum absolute atomic E-state index is 9.28. The highest BCUT2D eigenvalue weighted by atomic mass is 35.5. The van der Waals surface area contributed by atoms with E-state index < -0.39 is 0 Å². The second-order valence-electron chi connectivity index (χ2n) is 4.59. The molecule has 108 valence electrons. The van der Waals surface area contributed by atoms with E-state index >= 15 is 0 Å². The molecule has 1 atom stereocenters. The van der Waals surface area contributed by atoms with Crippen LogP contribution in [0.4, 0.5) is 0 Å². The molecule has 0 radical (unpaired) electrons. The Balaban J connectivity index is 0.00000180. The summed E-state index contributed by atoms with van der Waals surface area (Å²) in [6.07, 6.45) is 0.771. The molecule has 1 saturated heterocycles. The van der Waals surface area contributed by atoms with Gasteiger partial charge in [-0.2, -0.15) is 0 Å².